The first kappa shape index (κ1) is 17.3. The molecule has 0 radical (unpaired) electrons. The molecule has 1 aliphatic carbocycles. The Kier molecular flexibility index (Phi) is 4.76. The molecule has 1 aromatic rings. The molecule has 136 valence electrons. The Morgan fingerprint density at radius 1 is 1.16 bits per heavy atom. The Morgan fingerprint density at radius 2 is 1.88 bits per heavy atom. The highest BCUT2D eigenvalue weighted by atomic mass is 35.5. The molecule has 3 fully saturated rings. The average molecular weight is 365 g/mol. The van der Waals surface area contributed by atoms with Crippen molar-refractivity contribution in [1.82, 2.24) is 9.80 Å². The highest BCUT2D eigenvalue weighted by molar-refractivity contribution is 6.30. The Labute approximate surface area is 154 Å². The summed E-state index contributed by atoms with van der Waals surface area (Å²) in [6.07, 6.45) is 6.11. The second-order valence-corrected chi connectivity index (χ2v) is 8.32. The summed E-state index contributed by atoms with van der Waals surface area (Å²) in [7, 11) is 0. The van der Waals surface area contributed by atoms with Crippen molar-refractivity contribution in [2.75, 3.05) is 13.1 Å². The molecular formula is C20H26ClFN2O. The summed E-state index contributed by atoms with van der Waals surface area (Å²) < 4.78 is 14.3. The minimum Gasteiger partial charge on any atom is -0.338 e. The molecule has 1 amide bonds. The van der Waals surface area contributed by atoms with E-state index in [4.69, 9.17) is 11.6 Å². The summed E-state index contributed by atoms with van der Waals surface area (Å²) in [6.45, 7) is 1.75. The van der Waals surface area contributed by atoms with E-state index < -0.39 is 11.7 Å². The van der Waals surface area contributed by atoms with Gasteiger partial charge in [-0.1, -0.05) is 43.0 Å². The van der Waals surface area contributed by atoms with E-state index in [-0.39, 0.29) is 5.91 Å². The molecule has 1 spiro atoms. The van der Waals surface area contributed by atoms with Gasteiger partial charge in [0.1, 0.15) is 11.7 Å². The number of hydrogen-bond acceptors (Lipinski definition) is 2. The van der Waals surface area contributed by atoms with Crippen molar-refractivity contribution in [3.63, 3.8) is 0 Å². The molecule has 1 aromatic carbocycles. The fraction of sp³-hybridized carbons (Fsp3) is 0.650. The number of likely N-dealkylation sites (tertiary alicyclic amines) is 2. The lowest BCUT2D eigenvalue weighted by atomic mass is 9.92. The van der Waals surface area contributed by atoms with Gasteiger partial charge in [0, 0.05) is 37.1 Å². The molecule has 0 bridgehead atoms. The number of nitrogens with zero attached hydrogens (tertiary/aromatic N) is 2. The largest absolute Gasteiger partial charge is 0.338 e. The molecule has 0 unspecified atom stereocenters. The van der Waals surface area contributed by atoms with Crippen LogP contribution in [0.2, 0.25) is 5.02 Å². The number of hydrogen-bond donors (Lipinski definition) is 0. The summed E-state index contributed by atoms with van der Waals surface area (Å²) in [4.78, 5) is 17.5. The Balaban J connectivity index is 1.53. The molecule has 5 heteroatoms. The lowest BCUT2D eigenvalue weighted by Gasteiger charge is -2.36. The van der Waals surface area contributed by atoms with Crippen LogP contribution in [0.4, 0.5) is 4.39 Å². The van der Waals surface area contributed by atoms with E-state index in [9.17, 15) is 9.18 Å². The van der Waals surface area contributed by atoms with Gasteiger partial charge in [-0.25, -0.2) is 4.39 Å². The number of rotatable bonds is 3. The second-order valence-electron chi connectivity index (χ2n) is 7.88. The molecule has 4 rings (SSSR count). The van der Waals surface area contributed by atoms with Crippen LogP contribution in [-0.2, 0) is 11.3 Å². The summed E-state index contributed by atoms with van der Waals surface area (Å²) >= 11 is 5.97. The number of carbonyl (C=O) groups excluding carboxylic acids is 1. The summed E-state index contributed by atoms with van der Waals surface area (Å²) in [5, 5.41) is 0.698. The Bertz CT molecular complexity index is 631. The number of carbonyl (C=O) groups is 1. The summed E-state index contributed by atoms with van der Waals surface area (Å²) in [5.74, 6) is 0.175. The summed E-state index contributed by atoms with van der Waals surface area (Å²) in [5.41, 5.74) is 0.457. The van der Waals surface area contributed by atoms with Crippen molar-refractivity contribution in [2.45, 2.75) is 69.2 Å². The van der Waals surface area contributed by atoms with Gasteiger partial charge in [-0.05, 0) is 37.0 Å². The van der Waals surface area contributed by atoms with Crippen LogP contribution in [0.5, 0.6) is 0 Å². The maximum Gasteiger partial charge on any atom is 0.243 e. The zero-order chi connectivity index (χ0) is 17.4. The molecule has 2 saturated heterocycles. The van der Waals surface area contributed by atoms with Crippen molar-refractivity contribution in [2.24, 2.45) is 0 Å². The number of alkyl halides is 1. The van der Waals surface area contributed by atoms with Crippen molar-refractivity contribution < 1.29 is 9.18 Å². The van der Waals surface area contributed by atoms with Crippen LogP contribution in [0.25, 0.3) is 0 Å². The molecule has 25 heavy (non-hydrogen) atoms. The minimum absolute atomic E-state index is 0.175. The fourth-order valence-corrected chi connectivity index (χ4v) is 5.13. The van der Waals surface area contributed by atoms with E-state index in [0.29, 0.717) is 30.6 Å². The molecule has 1 saturated carbocycles. The van der Waals surface area contributed by atoms with Crippen molar-refractivity contribution >= 4 is 17.5 Å². The maximum atomic E-state index is 14.3. The van der Waals surface area contributed by atoms with Crippen LogP contribution in [-0.4, -0.2) is 46.5 Å². The maximum absolute atomic E-state index is 14.3. The molecule has 3 nitrogen and oxygen atoms in total. The van der Waals surface area contributed by atoms with Gasteiger partial charge in [-0.15, -0.1) is 0 Å². The number of amides is 1. The first-order valence-electron chi connectivity index (χ1n) is 9.53. The van der Waals surface area contributed by atoms with Gasteiger partial charge in [-0.3, -0.25) is 9.69 Å². The fourth-order valence-electron chi connectivity index (χ4n) is 5.01. The second kappa shape index (κ2) is 6.88. The topological polar surface area (TPSA) is 23.6 Å². The monoisotopic (exact) mass is 364 g/mol. The quantitative estimate of drug-likeness (QED) is 0.803. The van der Waals surface area contributed by atoms with E-state index in [1.807, 2.05) is 24.3 Å². The predicted octanol–water partition coefficient (Wildman–Crippen LogP) is 4.19. The first-order valence-corrected chi connectivity index (χ1v) is 9.91. The van der Waals surface area contributed by atoms with Crippen LogP contribution in [0, 0.1) is 0 Å². The van der Waals surface area contributed by atoms with E-state index in [2.05, 4.69) is 9.80 Å². The van der Waals surface area contributed by atoms with Gasteiger partial charge in [-0.2, -0.15) is 0 Å². The Hall–Kier alpha value is -1.13. The van der Waals surface area contributed by atoms with Gasteiger partial charge in [0.15, 0.2) is 0 Å². The van der Waals surface area contributed by atoms with Gasteiger partial charge in [0.25, 0.3) is 0 Å². The SMILES string of the molecule is O=C1N(C2CCCCC2)CC[C@]12C[C@H](F)CN2Cc1ccc(Cl)cc1. The molecular weight excluding hydrogens is 339 g/mol. The standard InChI is InChI=1S/C20H26ClFN2O/c21-16-8-6-15(7-9-16)13-23-14-17(22)12-20(23)10-11-24(19(20)25)18-4-2-1-3-5-18/h6-9,17-18H,1-5,10-14H2/t17-,20-/m0/s1. The van der Waals surface area contributed by atoms with Crippen molar-refractivity contribution in [1.29, 1.82) is 0 Å². The number of benzene rings is 1. The highest BCUT2D eigenvalue weighted by Crippen LogP contribution is 2.42. The molecule has 2 heterocycles. The predicted molar refractivity (Wildman–Crippen MR) is 97.3 cm³/mol. The van der Waals surface area contributed by atoms with Crippen LogP contribution < -0.4 is 0 Å². The van der Waals surface area contributed by atoms with Crippen molar-refractivity contribution in [3.05, 3.63) is 34.9 Å². The molecule has 0 aromatic heterocycles. The molecule has 0 N–H and O–H groups in total. The third-order valence-corrected chi connectivity index (χ3v) is 6.56. The van der Waals surface area contributed by atoms with Gasteiger partial charge in [0.2, 0.25) is 5.91 Å². The third kappa shape index (κ3) is 3.19. The first-order chi connectivity index (χ1) is 12.1. The number of halogens is 2. The van der Waals surface area contributed by atoms with E-state index >= 15 is 0 Å². The molecule has 2 atom stereocenters. The van der Waals surface area contributed by atoms with Gasteiger partial charge >= 0.3 is 0 Å². The Morgan fingerprint density at radius 3 is 2.60 bits per heavy atom. The van der Waals surface area contributed by atoms with Crippen LogP contribution in [0.3, 0.4) is 0 Å². The third-order valence-electron chi connectivity index (χ3n) is 6.31. The van der Waals surface area contributed by atoms with Crippen molar-refractivity contribution in [3.8, 4) is 0 Å². The normalized spacial score (nSPS) is 31.4. The van der Waals surface area contributed by atoms with Gasteiger partial charge in [0.05, 0.1) is 0 Å². The van der Waals surface area contributed by atoms with E-state index in [1.54, 1.807) is 0 Å². The van der Waals surface area contributed by atoms with Crippen LogP contribution in [0.1, 0.15) is 50.5 Å². The average Bonchev–Trinajstić information content (AvgIpc) is 3.11. The smallest absolute Gasteiger partial charge is 0.243 e. The molecule has 2 aliphatic heterocycles. The highest BCUT2D eigenvalue weighted by Gasteiger charge is 2.57. The lowest BCUT2D eigenvalue weighted by molar-refractivity contribution is -0.139. The summed E-state index contributed by atoms with van der Waals surface area (Å²) in [6, 6.07) is 8.03. The van der Waals surface area contributed by atoms with E-state index in [1.165, 1.54) is 19.3 Å². The van der Waals surface area contributed by atoms with Crippen LogP contribution >= 0.6 is 11.6 Å². The zero-order valence-corrected chi connectivity index (χ0v) is 15.3. The molecule has 3 aliphatic rings. The van der Waals surface area contributed by atoms with Crippen LogP contribution in [0.15, 0.2) is 24.3 Å². The minimum atomic E-state index is -0.914. The van der Waals surface area contributed by atoms with Gasteiger partial charge < -0.3 is 4.90 Å². The lowest BCUT2D eigenvalue weighted by Crippen LogP contribution is -2.51. The zero-order valence-electron chi connectivity index (χ0n) is 14.6. The van der Waals surface area contributed by atoms with E-state index in [0.717, 1.165) is 31.4 Å².